The summed E-state index contributed by atoms with van der Waals surface area (Å²) in [6.45, 7) is 2.32. The zero-order valence-corrected chi connectivity index (χ0v) is 12.5. The lowest BCUT2D eigenvalue weighted by atomic mass is 10.1. The van der Waals surface area contributed by atoms with E-state index in [1.165, 1.54) is 11.3 Å². The molecule has 1 amide bonds. The van der Waals surface area contributed by atoms with E-state index in [1.54, 1.807) is 4.90 Å². The van der Waals surface area contributed by atoms with Crippen molar-refractivity contribution in [3.05, 3.63) is 15.6 Å². The number of thiazole rings is 1. The van der Waals surface area contributed by atoms with Gasteiger partial charge >= 0.3 is 0 Å². The van der Waals surface area contributed by atoms with Gasteiger partial charge in [-0.2, -0.15) is 0 Å². The Morgan fingerprint density at radius 1 is 1.35 bits per heavy atom. The highest BCUT2D eigenvalue weighted by Crippen LogP contribution is 2.25. The number of rotatable bonds is 2. The number of nitrogens with zero attached hydrogens (tertiary/aromatic N) is 2. The third-order valence-corrected chi connectivity index (χ3v) is 6.22. The molecule has 2 aliphatic heterocycles. The molecular formula is C11H16N4O3S2. The highest BCUT2D eigenvalue weighted by atomic mass is 32.2. The molecule has 20 heavy (non-hydrogen) atoms. The molecule has 7 nitrogen and oxygen atoms in total. The minimum Gasteiger partial charge on any atom is -0.337 e. The highest BCUT2D eigenvalue weighted by Gasteiger charge is 2.31. The second kappa shape index (κ2) is 5.06. The molecule has 110 valence electrons. The number of nitrogens with one attached hydrogen (secondary N) is 1. The van der Waals surface area contributed by atoms with E-state index in [0.717, 1.165) is 17.1 Å². The molecule has 1 aromatic heterocycles. The summed E-state index contributed by atoms with van der Waals surface area (Å²) < 4.78 is 22.6. The fraction of sp³-hybridized carbons (Fsp3) is 0.636. The Hall–Kier alpha value is -1.03. The van der Waals surface area contributed by atoms with Crippen LogP contribution in [0.4, 0.5) is 0 Å². The zero-order chi connectivity index (χ0) is 14.3. The van der Waals surface area contributed by atoms with Gasteiger partial charge in [0.05, 0.1) is 10.9 Å². The van der Waals surface area contributed by atoms with E-state index in [4.69, 9.17) is 5.14 Å². The molecule has 1 saturated heterocycles. The second-order valence-corrected chi connectivity index (χ2v) is 8.00. The summed E-state index contributed by atoms with van der Waals surface area (Å²) in [7, 11) is -3.50. The van der Waals surface area contributed by atoms with Crippen molar-refractivity contribution in [2.75, 3.05) is 13.1 Å². The molecule has 3 N–H and O–H groups in total. The number of primary sulfonamides is 1. The summed E-state index contributed by atoms with van der Waals surface area (Å²) in [5.41, 5.74) is 0.956. The standard InChI is InChI=1S/C11H16N4O3S2/c12-20(17,18)7-1-3-15(4-2-7)11(16)10-14-8-5-13-6-9(8)19-10/h7,13H,1-6H2,(H2,12,17,18). The fourth-order valence-electron chi connectivity index (χ4n) is 2.57. The number of fused-ring (bicyclic) bond motifs is 1. The highest BCUT2D eigenvalue weighted by molar-refractivity contribution is 7.89. The topological polar surface area (TPSA) is 105 Å². The number of aromatic nitrogens is 1. The van der Waals surface area contributed by atoms with E-state index >= 15 is 0 Å². The molecule has 2 aliphatic rings. The van der Waals surface area contributed by atoms with Gasteiger partial charge in [-0.3, -0.25) is 4.79 Å². The average molecular weight is 316 g/mol. The number of hydrogen-bond acceptors (Lipinski definition) is 6. The van der Waals surface area contributed by atoms with Gasteiger partial charge < -0.3 is 10.2 Å². The van der Waals surface area contributed by atoms with Crippen molar-refractivity contribution in [1.82, 2.24) is 15.2 Å². The van der Waals surface area contributed by atoms with Gasteiger partial charge in [-0.15, -0.1) is 11.3 Å². The molecule has 0 aromatic carbocycles. The number of likely N-dealkylation sites (tertiary alicyclic amines) is 1. The van der Waals surface area contributed by atoms with Crippen LogP contribution >= 0.6 is 11.3 Å². The smallest absolute Gasteiger partial charge is 0.282 e. The quantitative estimate of drug-likeness (QED) is 0.775. The van der Waals surface area contributed by atoms with Crippen LogP contribution in [0.25, 0.3) is 0 Å². The number of sulfonamides is 1. The monoisotopic (exact) mass is 316 g/mol. The predicted octanol–water partition coefficient (Wildman–Crippen LogP) is -0.361. The average Bonchev–Trinajstić information content (AvgIpc) is 2.97. The van der Waals surface area contributed by atoms with E-state index < -0.39 is 15.3 Å². The third-order valence-electron chi connectivity index (χ3n) is 3.73. The van der Waals surface area contributed by atoms with Crippen molar-refractivity contribution in [2.45, 2.75) is 31.2 Å². The van der Waals surface area contributed by atoms with Crippen LogP contribution in [0.5, 0.6) is 0 Å². The minimum absolute atomic E-state index is 0.0998. The molecule has 1 aromatic rings. The molecule has 3 heterocycles. The second-order valence-electron chi connectivity index (χ2n) is 5.07. The summed E-state index contributed by atoms with van der Waals surface area (Å²) in [4.78, 5) is 19.5. The zero-order valence-electron chi connectivity index (χ0n) is 10.8. The summed E-state index contributed by atoms with van der Waals surface area (Å²) in [5, 5.41) is 8.30. The SMILES string of the molecule is NS(=O)(=O)C1CCN(C(=O)c2nc3c(s2)CNC3)CC1. The van der Waals surface area contributed by atoms with Gasteiger partial charge in [0.1, 0.15) is 0 Å². The summed E-state index contributed by atoms with van der Waals surface area (Å²) in [5.74, 6) is -0.0998. The first-order valence-corrected chi connectivity index (χ1v) is 8.88. The number of nitrogens with two attached hydrogens (primary N) is 1. The maximum absolute atomic E-state index is 12.3. The number of piperidine rings is 1. The van der Waals surface area contributed by atoms with Crippen molar-refractivity contribution in [3.8, 4) is 0 Å². The van der Waals surface area contributed by atoms with Crippen LogP contribution in [-0.4, -0.2) is 42.5 Å². The van der Waals surface area contributed by atoms with Gasteiger partial charge in [0.2, 0.25) is 10.0 Å². The van der Waals surface area contributed by atoms with Crippen LogP contribution in [0.15, 0.2) is 0 Å². The molecule has 1 fully saturated rings. The normalized spacial score (nSPS) is 20.1. The third kappa shape index (κ3) is 2.58. The van der Waals surface area contributed by atoms with Crippen molar-refractivity contribution < 1.29 is 13.2 Å². The van der Waals surface area contributed by atoms with E-state index in [2.05, 4.69) is 10.3 Å². The van der Waals surface area contributed by atoms with Crippen molar-refractivity contribution in [2.24, 2.45) is 5.14 Å². The van der Waals surface area contributed by atoms with E-state index in [-0.39, 0.29) is 5.91 Å². The molecular weight excluding hydrogens is 300 g/mol. The van der Waals surface area contributed by atoms with E-state index in [0.29, 0.717) is 37.5 Å². The lowest BCUT2D eigenvalue weighted by molar-refractivity contribution is 0.0725. The molecule has 0 atom stereocenters. The van der Waals surface area contributed by atoms with Crippen molar-refractivity contribution in [1.29, 1.82) is 0 Å². The van der Waals surface area contributed by atoms with Crippen LogP contribution in [0, 0.1) is 0 Å². The van der Waals surface area contributed by atoms with E-state index in [9.17, 15) is 13.2 Å². The maximum Gasteiger partial charge on any atom is 0.282 e. The Balaban J connectivity index is 1.67. The molecule has 0 aliphatic carbocycles. The van der Waals surface area contributed by atoms with E-state index in [1.807, 2.05) is 0 Å². The number of amides is 1. The first-order chi connectivity index (χ1) is 9.45. The Labute approximate surface area is 121 Å². The van der Waals surface area contributed by atoms with Crippen LogP contribution in [-0.2, 0) is 23.1 Å². The molecule has 3 rings (SSSR count). The summed E-state index contributed by atoms with van der Waals surface area (Å²) >= 11 is 1.42. The molecule has 9 heteroatoms. The number of carbonyl (C=O) groups is 1. The summed E-state index contributed by atoms with van der Waals surface area (Å²) in [6, 6.07) is 0. The number of hydrogen-bond donors (Lipinski definition) is 2. The first-order valence-electron chi connectivity index (χ1n) is 6.45. The van der Waals surface area contributed by atoms with Crippen molar-refractivity contribution >= 4 is 27.3 Å². The van der Waals surface area contributed by atoms with Crippen molar-refractivity contribution in [3.63, 3.8) is 0 Å². The number of carbonyl (C=O) groups excluding carboxylic acids is 1. The minimum atomic E-state index is -3.50. The Morgan fingerprint density at radius 3 is 2.65 bits per heavy atom. The Morgan fingerprint density at radius 2 is 2.05 bits per heavy atom. The van der Waals surface area contributed by atoms with Gasteiger partial charge in [-0.05, 0) is 12.8 Å². The van der Waals surface area contributed by atoms with Gasteiger partial charge in [0.15, 0.2) is 5.01 Å². The van der Waals surface area contributed by atoms with Crippen LogP contribution < -0.4 is 10.5 Å². The summed E-state index contributed by atoms with van der Waals surface area (Å²) in [6.07, 6.45) is 0.800. The molecule has 0 unspecified atom stereocenters. The fourth-order valence-corrected chi connectivity index (χ4v) is 4.45. The Kier molecular flexibility index (Phi) is 3.53. The molecule has 0 bridgehead atoms. The van der Waals surface area contributed by atoms with Crippen LogP contribution in [0.2, 0.25) is 0 Å². The first kappa shape index (κ1) is 13.9. The van der Waals surface area contributed by atoms with Gasteiger partial charge in [0.25, 0.3) is 5.91 Å². The molecule has 0 spiro atoms. The van der Waals surface area contributed by atoms with Crippen LogP contribution in [0.1, 0.15) is 33.2 Å². The van der Waals surface area contributed by atoms with Gasteiger partial charge in [-0.1, -0.05) is 0 Å². The lowest BCUT2D eigenvalue weighted by Gasteiger charge is -2.30. The largest absolute Gasteiger partial charge is 0.337 e. The maximum atomic E-state index is 12.3. The lowest BCUT2D eigenvalue weighted by Crippen LogP contribution is -2.44. The van der Waals surface area contributed by atoms with Gasteiger partial charge in [-0.25, -0.2) is 18.5 Å². The van der Waals surface area contributed by atoms with Gasteiger partial charge in [0, 0.05) is 31.1 Å². The Bertz CT molecular complexity index is 611. The van der Waals surface area contributed by atoms with Crippen LogP contribution in [0.3, 0.4) is 0 Å². The molecule has 0 radical (unpaired) electrons. The molecule has 0 saturated carbocycles. The predicted molar refractivity (Wildman–Crippen MR) is 74.7 cm³/mol.